The topological polar surface area (TPSA) is 19.0 Å². The van der Waals surface area contributed by atoms with Crippen molar-refractivity contribution in [3.63, 3.8) is 0 Å². The molecule has 3 heteroatoms. The van der Waals surface area contributed by atoms with Gasteiger partial charge in [0, 0.05) is 38.5 Å². The van der Waals surface area contributed by atoms with Crippen molar-refractivity contribution in [1.82, 2.24) is 4.98 Å². The average molecular weight is 682 g/mol. The lowest BCUT2D eigenvalue weighted by Gasteiger charge is -2.48. The Morgan fingerprint density at radius 2 is 1.02 bits per heavy atom. The van der Waals surface area contributed by atoms with Crippen LogP contribution < -0.4 is 15.8 Å². The van der Waals surface area contributed by atoms with Gasteiger partial charge in [-0.1, -0.05) is 169 Å². The summed E-state index contributed by atoms with van der Waals surface area (Å²) in [6.07, 6.45) is 0. The molecule has 1 radical (unpaired) electrons. The van der Waals surface area contributed by atoms with Gasteiger partial charge >= 0.3 is 0 Å². The molecule has 54 heavy (non-hydrogen) atoms. The molecule has 2 nitrogen and oxygen atoms in total. The second-order valence-electron chi connectivity index (χ2n) is 15.1. The monoisotopic (exact) mass is 681 g/mol. The number of anilines is 3. The molecule has 1 aliphatic carbocycles. The summed E-state index contributed by atoms with van der Waals surface area (Å²) in [5, 5.41) is 7.48. The number of benzene rings is 9. The molecule has 1 aromatic heterocycles. The number of aromatic nitrogens is 1. The van der Waals surface area contributed by atoms with Crippen LogP contribution in [0.25, 0.3) is 65.6 Å². The second-order valence-corrected chi connectivity index (χ2v) is 15.1. The van der Waals surface area contributed by atoms with Crippen molar-refractivity contribution in [3.05, 3.63) is 198 Å². The fourth-order valence-corrected chi connectivity index (χ4v) is 10.5. The Morgan fingerprint density at radius 3 is 1.85 bits per heavy atom. The Bertz CT molecular complexity index is 3230. The highest BCUT2D eigenvalue weighted by atomic mass is 15.2. The molecule has 247 valence electrons. The molecule has 0 unspecified atom stereocenters. The minimum absolute atomic E-state index is 0.441. The Labute approximate surface area is 313 Å². The van der Waals surface area contributed by atoms with Crippen LogP contribution in [0.2, 0.25) is 0 Å². The molecule has 1 spiro atoms. The maximum Gasteiger partial charge on any atom is 0.197 e. The predicted molar refractivity (Wildman–Crippen MR) is 227 cm³/mol. The number of nitrogens with one attached hydrogen (secondary N) is 1. The van der Waals surface area contributed by atoms with E-state index >= 15 is 0 Å². The van der Waals surface area contributed by atoms with Crippen LogP contribution in [0.4, 0.5) is 17.1 Å². The Morgan fingerprint density at radius 1 is 0.407 bits per heavy atom. The highest BCUT2D eigenvalue weighted by Crippen LogP contribution is 2.63. The third-order valence-electron chi connectivity index (χ3n) is 12.6. The van der Waals surface area contributed by atoms with E-state index in [0.717, 1.165) is 0 Å². The zero-order valence-electron chi connectivity index (χ0n) is 29.3. The first kappa shape index (κ1) is 28.7. The summed E-state index contributed by atoms with van der Waals surface area (Å²) in [5.74, 6) is 0. The SMILES string of the molecule is [B]1c2cccc3c2N(c2ccccc2C32c3ccccc3-c3ccccc32)c2c1c(-c1cccc3c1[nH]c1c4ccccc4ccc31)cc1ccccc21. The van der Waals surface area contributed by atoms with Gasteiger partial charge in [-0.15, -0.1) is 0 Å². The quantitative estimate of drug-likeness (QED) is 0.171. The van der Waals surface area contributed by atoms with Gasteiger partial charge in [0.1, 0.15) is 0 Å². The molecular formula is C51H30BN2. The molecule has 0 atom stereocenters. The summed E-state index contributed by atoms with van der Waals surface area (Å²) in [5.41, 5.74) is 18.6. The van der Waals surface area contributed by atoms with Gasteiger partial charge in [0.2, 0.25) is 0 Å². The predicted octanol–water partition coefficient (Wildman–Crippen LogP) is 11.4. The van der Waals surface area contributed by atoms with E-state index in [9.17, 15) is 0 Å². The maximum absolute atomic E-state index is 3.95. The third-order valence-corrected chi connectivity index (χ3v) is 12.6. The highest BCUT2D eigenvalue weighted by molar-refractivity contribution is 6.74. The van der Waals surface area contributed by atoms with E-state index < -0.39 is 5.41 Å². The molecule has 0 fully saturated rings. The van der Waals surface area contributed by atoms with E-state index in [0.29, 0.717) is 0 Å². The Balaban J connectivity index is 1.14. The van der Waals surface area contributed by atoms with Gasteiger partial charge in [0.15, 0.2) is 7.28 Å². The summed E-state index contributed by atoms with van der Waals surface area (Å²) >= 11 is 0. The van der Waals surface area contributed by atoms with E-state index in [1.165, 1.54) is 116 Å². The van der Waals surface area contributed by atoms with Crippen LogP contribution in [-0.4, -0.2) is 12.3 Å². The fraction of sp³-hybridized carbons (Fsp3) is 0.0196. The third kappa shape index (κ3) is 3.39. The number of hydrogen-bond acceptors (Lipinski definition) is 1. The van der Waals surface area contributed by atoms with E-state index in [1.807, 2.05) is 0 Å². The number of fused-ring (bicyclic) bond motifs is 18. The van der Waals surface area contributed by atoms with Crippen molar-refractivity contribution >= 4 is 78.6 Å². The lowest BCUT2D eigenvalue weighted by Crippen LogP contribution is -2.47. The van der Waals surface area contributed by atoms with Crippen molar-refractivity contribution in [2.45, 2.75) is 5.41 Å². The molecule has 0 saturated heterocycles. The van der Waals surface area contributed by atoms with Crippen LogP contribution >= 0.6 is 0 Å². The molecule has 10 aromatic rings. The number of para-hydroxylation sites is 3. The molecule has 13 rings (SSSR count). The molecule has 1 N–H and O–H groups in total. The summed E-state index contributed by atoms with van der Waals surface area (Å²) in [6.45, 7) is 0. The Hall–Kier alpha value is -6.84. The minimum atomic E-state index is -0.441. The van der Waals surface area contributed by atoms with Crippen molar-refractivity contribution in [1.29, 1.82) is 0 Å². The minimum Gasteiger partial charge on any atom is -0.353 e. The molecule has 0 bridgehead atoms. The standard InChI is InChI=1S/C51H30BN2/c1-3-15-32-30(13-1)27-28-38-36-19-11-20-37(48(36)53-47(32)38)39-29-31-14-2-4-16-33(31)49-46(39)52-44-25-12-24-43-50(44)54(49)45-26-10-9-23-42(45)51(43)40-21-7-5-17-34(40)35-18-6-8-22-41(35)51/h1-29,53H. The molecule has 3 aliphatic rings. The number of hydrogen-bond donors (Lipinski definition) is 1. The molecule has 9 aromatic carbocycles. The largest absolute Gasteiger partial charge is 0.353 e. The number of aromatic amines is 1. The van der Waals surface area contributed by atoms with Crippen LogP contribution in [0.15, 0.2) is 176 Å². The number of nitrogens with zero attached hydrogens (tertiary/aromatic N) is 1. The molecule has 0 saturated carbocycles. The van der Waals surface area contributed by atoms with E-state index in [2.05, 4.69) is 193 Å². The van der Waals surface area contributed by atoms with Crippen molar-refractivity contribution in [2.75, 3.05) is 4.90 Å². The van der Waals surface area contributed by atoms with Crippen LogP contribution in [0.3, 0.4) is 0 Å². The van der Waals surface area contributed by atoms with Gasteiger partial charge in [-0.05, 0) is 67.3 Å². The molecule has 3 heterocycles. The highest BCUT2D eigenvalue weighted by Gasteiger charge is 2.53. The van der Waals surface area contributed by atoms with Crippen LogP contribution in [0.1, 0.15) is 22.3 Å². The molecule has 0 amide bonds. The summed E-state index contributed by atoms with van der Waals surface area (Å²) < 4.78 is 0. The zero-order valence-corrected chi connectivity index (χ0v) is 29.3. The van der Waals surface area contributed by atoms with Crippen LogP contribution in [0.5, 0.6) is 0 Å². The number of rotatable bonds is 1. The lowest BCUT2D eigenvalue weighted by molar-refractivity contribution is 0.754. The summed E-state index contributed by atoms with van der Waals surface area (Å²) in [7, 11) is 2.47. The summed E-state index contributed by atoms with van der Waals surface area (Å²) in [4.78, 5) is 6.55. The fourth-order valence-electron chi connectivity index (χ4n) is 10.5. The van der Waals surface area contributed by atoms with Gasteiger partial charge in [0.05, 0.1) is 22.1 Å². The summed E-state index contributed by atoms with van der Waals surface area (Å²) in [6, 6.07) is 65.7. The maximum atomic E-state index is 3.95. The first-order valence-electron chi connectivity index (χ1n) is 18.9. The van der Waals surface area contributed by atoms with Crippen LogP contribution in [-0.2, 0) is 5.41 Å². The van der Waals surface area contributed by atoms with Gasteiger partial charge in [0.25, 0.3) is 0 Å². The van der Waals surface area contributed by atoms with E-state index in [4.69, 9.17) is 0 Å². The van der Waals surface area contributed by atoms with Crippen molar-refractivity contribution in [3.8, 4) is 22.3 Å². The second kappa shape index (κ2) is 10.2. The van der Waals surface area contributed by atoms with E-state index in [1.54, 1.807) is 0 Å². The average Bonchev–Trinajstić information content (AvgIpc) is 3.77. The first-order chi connectivity index (χ1) is 26.8. The lowest BCUT2D eigenvalue weighted by atomic mass is 9.54. The smallest absolute Gasteiger partial charge is 0.197 e. The first-order valence-corrected chi connectivity index (χ1v) is 18.9. The van der Waals surface area contributed by atoms with Gasteiger partial charge < -0.3 is 9.88 Å². The zero-order chi connectivity index (χ0) is 35.1. The van der Waals surface area contributed by atoms with Crippen molar-refractivity contribution in [2.24, 2.45) is 0 Å². The van der Waals surface area contributed by atoms with Gasteiger partial charge in [-0.3, -0.25) is 0 Å². The van der Waals surface area contributed by atoms with Crippen LogP contribution in [0, 0.1) is 0 Å². The molecule has 2 aliphatic heterocycles. The van der Waals surface area contributed by atoms with Crippen molar-refractivity contribution < 1.29 is 0 Å². The van der Waals surface area contributed by atoms with Gasteiger partial charge in [-0.25, -0.2) is 0 Å². The molecular weight excluding hydrogens is 651 g/mol. The number of H-pyrrole nitrogens is 1. The Kier molecular flexibility index (Phi) is 5.42. The normalized spacial score (nSPS) is 14.2. The van der Waals surface area contributed by atoms with Gasteiger partial charge in [-0.2, -0.15) is 0 Å². The van der Waals surface area contributed by atoms with E-state index in [-0.39, 0.29) is 0 Å².